The molecule has 106 valence electrons. The first-order chi connectivity index (χ1) is 10.2. The van der Waals surface area contributed by atoms with Crippen molar-refractivity contribution in [3.8, 4) is 22.7 Å². The molecule has 0 spiro atoms. The van der Waals surface area contributed by atoms with E-state index in [1.807, 2.05) is 55.5 Å². The lowest BCUT2D eigenvalue weighted by Gasteiger charge is -2.07. The fraction of sp³-hybridized carbons (Fsp3) is 0.125. The molecular formula is C16H15N3O2. The number of hydrogen-bond donors (Lipinski definition) is 0. The molecule has 0 aliphatic carbocycles. The van der Waals surface area contributed by atoms with E-state index >= 15 is 0 Å². The number of rotatable bonds is 3. The van der Waals surface area contributed by atoms with E-state index in [0.717, 1.165) is 27.4 Å². The highest BCUT2D eigenvalue weighted by Gasteiger charge is 2.15. The van der Waals surface area contributed by atoms with E-state index in [1.165, 1.54) is 4.80 Å². The minimum absolute atomic E-state index is 0.498. The van der Waals surface area contributed by atoms with Crippen LogP contribution < -0.4 is 9.58 Å². The van der Waals surface area contributed by atoms with E-state index in [1.54, 1.807) is 13.3 Å². The molecule has 0 saturated heterocycles. The Kier molecular flexibility index (Phi) is 3.31. The van der Waals surface area contributed by atoms with Crippen LogP contribution in [0.4, 0.5) is 0 Å². The van der Waals surface area contributed by atoms with Crippen LogP contribution in [0.25, 0.3) is 16.9 Å². The molecule has 0 fully saturated rings. The van der Waals surface area contributed by atoms with Gasteiger partial charge >= 0.3 is 0 Å². The lowest BCUT2D eigenvalue weighted by atomic mass is 10.2. The highest BCUT2D eigenvalue weighted by atomic mass is 16.5. The topological polar surface area (TPSA) is 54.0 Å². The second-order valence-electron chi connectivity index (χ2n) is 4.76. The van der Waals surface area contributed by atoms with E-state index in [0.29, 0.717) is 5.69 Å². The van der Waals surface area contributed by atoms with Crippen LogP contribution in [-0.2, 0) is 0 Å². The molecule has 1 aromatic heterocycles. The van der Waals surface area contributed by atoms with Gasteiger partial charge in [-0.25, -0.2) is 0 Å². The SMILES string of the molecule is COc1ccc(-c2cnn(-c3ccc(C)cc3)[n+]2[O-])cc1. The molecule has 0 aliphatic rings. The average molecular weight is 281 g/mol. The number of benzene rings is 2. The third-order valence-electron chi connectivity index (χ3n) is 3.32. The first-order valence-electron chi connectivity index (χ1n) is 6.58. The van der Waals surface area contributed by atoms with Gasteiger partial charge in [-0.3, -0.25) is 0 Å². The van der Waals surface area contributed by atoms with Crippen molar-refractivity contribution in [1.29, 1.82) is 0 Å². The number of nitrogens with zero attached hydrogens (tertiary/aromatic N) is 3. The summed E-state index contributed by atoms with van der Waals surface area (Å²) in [5.41, 5.74) is 3.16. The highest BCUT2D eigenvalue weighted by molar-refractivity contribution is 5.56. The average Bonchev–Trinajstić information content (AvgIpc) is 2.90. The second kappa shape index (κ2) is 5.28. The zero-order valence-corrected chi connectivity index (χ0v) is 11.9. The van der Waals surface area contributed by atoms with Crippen LogP contribution >= 0.6 is 0 Å². The number of hydrogen-bond acceptors (Lipinski definition) is 3. The Morgan fingerprint density at radius 3 is 2.33 bits per heavy atom. The first kappa shape index (κ1) is 13.2. The van der Waals surface area contributed by atoms with Gasteiger partial charge in [0.1, 0.15) is 11.4 Å². The van der Waals surface area contributed by atoms with Gasteiger partial charge < -0.3 is 9.94 Å². The second-order valence-corrected chi connectivity index (χ2v) is 4.76. The molecule has 3 rings (SSSR count). The van der Waals surface area contributed by atoms with Gasteiger partial charge in [-0.05, 0) is 48.1 Å². The van der Waals surface area contributed by atoms with E-state index in [-0.39, 0.29) is 0 Å². The van der Waals surface area contributed by atoms with Crippen molar-refractivity contribution in [3.05, 3.63) is 65.5 Å². The van der Waals surface area contributed by atoms with Gasteiger partial charge in [0.2, 0.25) is 11.9 Å². The number of methoxy groups -OCH3 is 1. The van der Waals surface area contributed by atoms with Crippen molar-refractivity contribution in [2.75, 3.05) is 7.11 Å². The summed E-state index contributed by atoms with van der Waals surface area (Å²) in [6.07, 6.45) is 1.56. The zero-order chi connectivity index (χ0) is 14.8. The monoisotopic (exact) mass is 281 g/mol. The molecule has 5 heteroatoms. The predicted molar refractivity (Wildman–Crippen MR) is 79.2 cm³/mol. The molecule has 0 atom stereocenters. The van der Waals surface area contributed by atoms with Gasteiger partial charge in [-0.15, -0.1) is 4.85 Å². The molecule has 3 aromatic rings. The van der Waals surface area contributed by atoms with E-state index in [9.17, 15) is 5.21 Å². The fourth-order valence-corrected chi connectivity index (χ4v) is 2.10. The Hall–Kier alpha value is -2.82. The fourth-order valence-electron chi connectivity index (χ4n) is 2.10. The zero-order valence-electron chi connectivity index (χ0n) is 11.9. The predicted octanol–water partition coefficient (Wildman–Crippen LogP) is 2.49. The molecular weight excluding hydrogens is 266 g/mol. The first-order valence-corrected chi connectivity index (χ1v) is 6.58. The summed E-state index contributed by atoms with van der Waals surface area (Å²) in [7, 11) is 1.61. The molecule has 0 N–H and O–H groups in total. The summed E-state index contributed by atoms with van der Waals surface area (Å²) in [6, 6.07) is 14.9. The molecule has 5 nitrogen and oxygen atoms in total. The summed E-state index contributed by atoms with van der Waals surface area (Å²) in [5.74, 6) is 0.752. The molecule has 0 radical (unpaired) electrons. The van der Waals surface area contributed by atoms with Crippen LogP contribution in [0.5, 0.6) is 5.75 Å². The third kappa shape index (κ3) is 2.45. The summed E-state index contributed by atoms with van der Waals surface area (Å²) in [5, 5.41) is 16.6. The Balaban J connectivity index is 2.00. The van der Waals surface area contributed by atoms with Gasteiger partial charge in [-0.2, -0.15) is 0 Å². The molecule has 21 heavy (non-hydrogen) atoms. The molecule has 1 heterocycles. The molecule has 0 unspecified atom stereocenters. The van der Waals surface area contributed by atoms with Crippen molar-refractivity contribution in [1.82, 2.24) is 9.90 Å². The van der Waals surface area contributed by atoms with Gasteiger partial charge in [0, 0.05) is 10.7 Å². The summed E-state index contributed by atoms with van der Waals surface area (Å²) < 4.78 is 5.12. The molecule has 0 amide bonds. The van der Waals surface area contributed by atoms with Gasteiger partial charge in [0.05, 0.1) is 7.11 Å². The number of aromatic nitrogens is 3. The maximum absolute atomic E-state index is 12.4. The number of aryl methyl sites for hydroxylation is 1. The van der Waals surface area contributed by atoms with Crippen LogP contribution in [0.1, 0.15) is 5.56 Å². The Morgan fingerprint density at radius 1 is 1.05 bits per heavy atom. The van der Waals surface area contributed by atoms with Crippen LogP contribution in [0.3, 0.4) is 0 Å². The minimum Gasteiger partial charge on any atom is -0.692 e. The van der Waals surface area contributed by atoms with Crippen molar-refractivity contribution < 1.29 is 9.58 Å². The largest absolute Gasteiger partial charge is 0.692 e. The maximum atomic E-state index is 12.4. The van der Waals surface area contributed by atoms with E-state index in [4.69, 9.17) is 4.74 Å². The third-order valence-corrected chi connectivity index (χ3v) is 3.32. The van der Waals surface area contributed by atoms with E-state index in [2.05, 4.69) is 5.10 Å². The van der Waals surface area contributed by atoms with Crippen LogP contribution in [0.15, 0.2) is 54.7 Å². The Labute approximate surface area is 122 Å². The van der Waals surface area contributed by atoms with Gasteiger partial charge in [-0.1, -0.05) is 17.7 Å². The molecule has 0 saturated carbocycles. The minimum atomic E-state index is 0.498. The standard InChI is InChI=1S/C16H15N3O2/c1-12-3-7-14(8-4-12)18-17-11-16(19(18)20)13-5-9-15(21-2)10-6-13/h3-11H,1-2H3. The summed E-state index contributed by atoms with van der Waals surface area (Å²) >= 11 is 0. The maximum Gasteiger partial charge on any atom is 0.215 e. The Bertz CT molecular complexity index is 746. The van der Waals surface area contributed by atoms with Crippen molar-refractivity contribution in [2.45, 2.75) is 6.92 Å². The lowest BCUT2D eigenvalue weighted by molar-refractivity contribution is -0.678. The number of ether oxygens (including phenoxy) is 1. The lowest BCUT2D eigenvalue weighted by Crippen LogP contribution is -2.38. The summed E-state index contributed by atoms with van der Waals surface area (Å²) in [4.78, 5) is 2.12. The van der Waals surface area contributed by atoms with Crippen LogP contribution in [-0.4, -0.2) is 17.0 Å². The van der Waals surface area contributed by atoms with Crippen molar-refractivity contribution in [2.24, 2.45) is 0 Å². The smallest absolute Gasteiger partial charge is 0.215 e. The molecule has 0 aliphatic heterocycles. The molecule has 0 bridgehead atoms. The van der Waals surface area contributed by atoms with Crippen molar-refractivity contribution >= 4 is 0 Å². The quantitative estimate of drug-likeness (QED) is 0.547. The van der Waals surface area contributed by atoms with Crippen molar-refractivity contribution in [3.63, 3.8) is 0 Å². The van der Waals surface area contributed by atoms with Gasteiger partial charge in [0.15, 0.2) is 0 Å². The summed E-state index contributed by atoms with van der Waals surface area (Å²) in [6.45, 7) is 2.00. The van der Waals surface area contributed by atoms with Crippen LogP contribution in [0, 0.1) is 12.1 Å². The van der Waals surface area contributed by atoms with Gasteiger partial charge in [0.25, 0.3) is 0 Å². The Morgan fingerprint density at radius 2 is 1.71 bits per heavy atom. The molecule has 2 aromatic carbocycles. The highest BCUT2D eigenvalue weighted by Crippen LogP contribution is 2.19. The normalized spacial score (nSPS) is 10.6. The van der Waals surface area contributed by atoms with E-state index < -0.39 is 0 Å². The van der Waals surface area contributed by atoms with Crippen LogP contribution in [0.2, 0.25) is 0 Å².